The SMILES string of the molecule is Cc1cc(Cl)nc(Cl)c1C(=O)N(C)Cc1ccccc1. The number of pyridine rings is 1. The van der Waals surface area contributed by atoms with Crippen molar-refractivity contribution in [1.29, 1.82) is 0 Å². The molecule has 2 aromatic rings. The van der Waals surface area contributed by atoms with Crippen molar-refractivity contribution in [3.05, 3.63) is 63.4 Å². The number of hydrogen-bond acceptors (Lipinski definition) is 2. The van der Waals surface area contributed by atoms with Crippen LogP contribution in [0, 0.1) is 6.92 Å². The molecular weight excluding hydrogens is 295 g/mol. The van der Waals surface area contributed by atoms with E-state index < -0.39 is 0 Å². The molecule has 5 heteroatoms. The molecule has 1 amide bonds. The maximum Gasteiger partial charge on any atom is 0.257 e. The molecule has 1 aromatic carbocycles. The summed E-state index contributed by atoms with van der Waals surface area (Å²) >= 11 is 11.8. The minimum absolute atomic E-state index is 0.139. The van der Waals surface area contributed by atoms with Gasteiger partial charge in [-0.2, -0.15) is 0 Å². The van der Waals surface area contributed by atoms with E-state index in [2.05, 4.69) is 4.98 Å². The van der Waals surface area contributed by atoms with Crippen LogP contribution in [0.15, 0.2) is 36.4 Å². The van der Waals surface area contributed by atoms with E-state index in [1.165, 1.54) is 0 Å². The van der Waals surface area contributed by atoms with Gasteiger partial charge in [0.1, 0.15) is 10.3 Å². The maximum atomic E-state index is 12.5. The van der Waals surface area contributed by atoms with Gasteiger partial charge in [0, 0.05) is 13.6 Å². The fourth-order valence-corrected chi connectivity index (χ4v) is 2.58. The lowest BCUT2D eigenvalue weighted by molar-refractivity contribution is 0.0784. The number of rotatable bonds is 3. The highest BCUT2D eigenvalue weighted by Crippen LogP contribution is 2.23. The van der Waals surface area contributed by atoms with Crippen LogP contribution >= 0.6 is 23.2 Å². The van der Waals surface area contributed by atoms with E-state index in [-0.39, 0.29) is 16.2 Å². The van der Waals surface area contributed by atoms with Crippen molar-refractivity contribution in [2.24, 2.45) is 0 Å². The normalized spacial score (nSPS) is 10.4. The van der Waals surface area contributed by atoms with Gasteiger partial charge in [-0.3, -0.25) is 4.79 Å². The van der Waals surface area contributed by atoms with Gasteiger partial charge in [-0.1, -0.05) is 53.5 Å². The molecule has 0 aliphatic heterocycles. The Hall–Kier alpha value is -1.58. The molecule has 104 valence electrons. The molecule has 1 aromatic heterocycles. The van der Waals surface area contributed by atoms with Crippen molar-refractivity contribution in [3.8, 4) is 0 Å². The lowest BCUT2D eigenvalue weighted by atomic mass is 10.1. The zero-order valence-electron chi connectivity index (χ0n) is 11.2. The Morgan fingerprint density at radius 3 is 2.50 bits per heavy atom. The van der Waals surface area contributed by atoms with Gasteiger partial charge in [-0.15, -0.1) is 0 Å². The van der Waals surface area contributed by atoms with Crippen LogP contribution in [0.25, 0.3) is 0 Å². The molecule has 0 saturated heterocycles. The second-order valence-electron chi connectivity index (χ2n) is 4.57. The monoisotopic (exact) mass is 308 g/mol. The Labute approximate surface area is 128 Å². The van der Waals surface area contributed by atoms with E-state index in [1.54, 1.807) is 24.9 Å². The Bertz CT molecular complexity index is 606. The molecule has 0 saturated carbocycles. The van der Waals surface area contributed by atoms with Crippen LogP contribution in [-0.2, 0) is 6.54 Å². The molecule has 0 N–H and O–H groups in total. The third-order valence-corrected chi connectivity index (χ3v) is 3.43. The summed E-state index contributed by atoms with van der Waals surface area (Å²) in [5, 5.41) is 0.426. The molecule has 0 atom stereocenters. The second-order valence-corrected chi connectivity index (χ2v) is 5.32. The number of hydrogen-bond donors (Lipinski definition) is 0. The molecule has 1 heterocycles. The molecule has 0 fully saturated rings. The van der Waals surface area contributed by atoms with Gasteiger partial charge in [-0.25, -0.2) is 4.98 Å². The molecule has 0 bridgehead atoms. The first-order chi connectivity index (χ1) is 9.49. The van der Waals surface area contributed by atoms with Crippen LogP contribution in [0.3, 0.4) is 0 Å². The number of nitrogens with zero attached hydrogens (tertiary/aromatic N) is 2. The van der Waals surface area contributed by atoms with Gasteiger partial charge in [0.25, 0.3) is 5.91 Å². The highest BCUT2D eigenvalue weighted by Gasteiger charge is 2.19. The summed E-state index contributed by atoms with van der Waals surface area (Å²) in [6, 6.07) is 11.4. The number of carbonyl (C=O) groups excluding carboxylic acids is 1. The number of halogens is 2. The van der Waals surface area contributed by atoms with E-state index in [1.807, 2.05) is 30.3 Å². The van der Waals surface area contributed by atoms with Crippen molar-refractivity contribution in [3.63, 3.8) is 0 Å². The number of carbonyl (C=O) groups is 1. The summed E-state index contributed by atoms with van der Waals surface area (Å²) in [7, 11) is 1.74. The second kappa shape index (κ2) is 6.25. The van der Waals surface area contributed by atoms with Gasteiger partial charge in [-0.05, 0) is 24.1 Å². The van der Waals surface area contributed by atoms with Gasteiger partial charge in [0.2, 0.25) is 0 Å². The smallest absolute Gasteiger partial charge is 0.257 e. The van der Waals surface area contributed by atoms with Crippen molar-refractivity contribution in [2.75, 3.05) is 7.05 Å². The first kappa shape index (κ1) is 14.8. The summed E-state index contributed by atoms with van der Waals surface area (Å²) in [6.07, 6.45) is 0. The summed E-state index contributed by atoms with van der Waals surface area (Å²) < 4.78 is 0. The third-order valence-electron chi connectivity index (χ3n) is 2.96. The van der Waals surface area contributed by atoms with Crippen LogP contribution in [-0.4, -0.2) is 22.8 Å². The van der Waals surface area contributed by atoms with Crippen LogP contribution in [0.1, 0.15) is 21.5 Å². The lowest BCUT2D eigenvalue weighted by Gasteiger charge is -2.19. The molecule has 0 aliphatic carbocycles. The van der Waals surface area contributed by atoms with Crippen LogP contribution < -0.4 is 0 Å². The number of aromatic nitrogens is 1. The van der Waals surface area contributed by atoms with Crippen molar-refractivity contribution in [2.45, 2.75) is 13.5 Å². The van der Waals surface area contributed by atoms with Crippen LogP contribution in [0.5, 0.6) is 0 Å². The van der Waals surface area contributed by atoms with Gasteiger partial charge < -0.3 is 4.90 Å². The molecule has 2 rings (SSSR count). The molecule has 0 spiro atoms. The Balaban J connectivity index is 2.23. The van der Waals surface area contributed by atoms with Crippen LogP contribution in [0.4, 0.5) is 0 Å². The summed E-state index contributed by atoms with van der Waals surface area (Å²) in [4.78, 5) is 18.0. The lowest BCUT2D eigenvalue weighted by Crippen LogP contribution is -2.27. The van der Waals surface area contributed by atoms with Gasteiger partial charge >= 0.3 is 0 Å². The van der Waals surface area contributed by atoms with Gasteiger partial charge in [0.15, 0.2) is 0 Å². The molecule has 0 radical (unpaired) electrons. The zero-order chi connectivity index (χ0) is 14.7. The van der Waals surface area contributed by atoms with Crippen molar-refractivity contribution < 1.29 is 4.79 Å². The van der Waals surface area contributed by atoms with Crippen molar-refractivity contribution >= 4 is 29.1 Å². The largest absolute Gasteiger partial charge is 0.337 e. The fourth-order valence-electron chi connectivity index (χ4n) is 1.97. The van der Waals surface area contributed by atoms with Gasteiger partial charge in [0.05, 0.1) is 5.56 Å². The number of aryl methyl sites for hydroxylation is 1. The highest BCUT2D eigenvalue weighted by molar-refractivity contribution is 6.34. The summed E-state index contributed by atoms with van der Waals surface area (Å²) in [6.45, 7) is 2.31. The predicted octanol–water partition coefficient (Wildman–Crippen LogP) is 3.97. The Morgan fingerprint density at radius 1 is 1.25 bits per heavy atom. The summed E-state index contributed by atoms with van der Waals surface area (Å²) in [5.74, 6) is -0.166. The fraction of sp³-hybridized carbons (Fsp3) is 0.200. The van der Waals surface area contributed by atoms with Crippen LogP contribution in [0.2, 0.25) is 10.3 Å². The minimum atomic E-state index is -0.166. The van der Waals surface area contributed by atoms with Crippen molar-refractivity contribution in [1.82, 2.24) is 9.88 Å². The van der Waals surface area contributed by atoms with E-state index in [4.69, 9.17) is 23.2 Å². The van der Waals surface area contributed by atoms with E-state index >= 15 is 0 Å². The average molecular weight is 309 g/mol. The number of benzene rings is 1. The molecular formula is C15H14Cl2N2O. The molecule has 3 nitrogen and oxygen atoms in total. The van der Waals surface area contributed by atoms with E-state index in [0.717, 1.165) is 11.1 Å². The molecule has 0 aliphatic rings. The maximum absolute atomic E-state index is 12.5. The minimum Gasteiger partial charge on any atom is -0.337 e. The third kappa shape index (κ3) is 3.30. The zero-order valence-corrected chi connectivity index (χ0v) is 12.7. The van der Waals surface area contributed by atoms with E-state index in [0.29, 0.717) is 12.1 Å². The Kier molecular flexibility index (Phi) is 4.63. The Morgan fingerprint density at radius 2 is 1.90 bits per heavy atom. The number of amides is 1. The topological polar surface area (TPSA) is 33.2 Å². The molecule has 0 unspecified atom stereocenters. The standard InChI is InChI=1S/C15H14Cl2N2O/c1-10-8-12(16)18-14(17)13(10)15(20)19(2)9-11-6-4-3-5-7-11/h3-8H,9H2,1-2H3. The van der Waals surface area contributed by atoms with E-state index in [9.17, 15) is 4.79 Å². The highest BCUT2D eigenvalue weighted by atomic mass is 35.5. The first-order valence-corrected chi connectivity index (χ1v) is 6.86. The average Bonchev–Trinajstić information content (AvgIpc) is 2.38. The quantitative estimate of drug-likeness (QED) is 0.804. The first-order valence-electron chi connectivity index (χ1n) is 6.11. The molecule has 20 heavy (non-hydrogen) atoms. The summed E-state index contributed by atoms with van der Waals surface area (Å²) in [5.41, 5.74) is 2.17. The predicted molar refractivity (Wildman–Crippen MR) is 81.2 cm³/mol.